The van der Waals surface area contributed by atoms with Crippen LogP contribution in [-0.2, 0) is 4.79 Å². The maximum Gasteiger partial charge on any atom is 0.266 e. The van der Waals surface area contributed by atoms with Crippen LogP contribution in [0.2, 0.25) is 0 Å². The van der Waals surface area contributed by atoms with E-state index in [9.17, 15) is 10.1 Å². The summed E-state index contributed by atoms with van der Waals surface area (Å²) in [6.07, 6.45) is 1.61. The molecule has 0 spiro atoms. The van der Waals surface area contributed by atoms with Gasteiger partial charge in [-0.05, 0) is 54.3 Å². The fourth-order valence-electron chi connectivity index (χ4n) is 2.28. The highest BCUT2D eigenvalue weighted by atomic mass is 32.1. The third-order valence-electron chi connectivity index (χ3n) is 3.65. The van der Waals surface area contributed by atoms with Crippen molar-refractivity contribution in [3.8, 4) is 17.6 Å². The molecule has 128 valence electrons. The first-order chi connectivity index (χ1) is 12.7. The number of carbonyl (C=O) groups is 1. The van der Waals surface area contributed by atoms with Crippen molar-refractivity contribution in [1.82, 2.24) is 0 Å². The highest BCUT2D eigenvalue weighted by Gasteiger charge is 2.13. The van der Waals surface area contributed by atoms with Crippen LogP contribution in [0.4, 0.5) is 5.69 Å². The van der Waals surface area contributed by atoms with Crippen molar-refractivity contribution >= 4 is 29.0 Å². The fraction of sp³-hybridized carbons (Fsp3) is 0.0476. The summed E-state index contributed by atoms with van der Waals surface area (Å²) < 4.78 is 5.83. The van der Waals surface area contributed by atoms with E-state index in [2.05, 4.69) is 5.32 Å². The van der Waals surface area contributed by atoms with Crippen LogP contribution in [0.1, 0.15) is 10.4 Å². The zero-order valence-electron chi connectivity index (χ0n) is 14.1. The van der Waals surface area contributed by atoms with Gasteiger partial charge < -0.3 is 10.1 Å². The predicted molar refractivity (Wildman–Crippen MR) is 104 cm³/mol. The van der Waals surface area contributed by atoms with Crippen molar-refractivity contribution in [2.75, 3.05) is 5.32 Å². The van der Waals surface area contributed by atoms with Crippen LogP contribution >= 0.6 is 11.3 Å². The van der Waals surface area contributed by atoms with E-state index in [1.54, 1.807) is 24.3 Å². The topological polar surface area (TPSA) is 62.1 Å². The molecule has 2 aromatic carbocycles. The van der Waals surface area contributed by atoms with E-state index in [0.29, 0.717) is 17.2 Å². The number of para-hydroxylation sites is 3. The third kappa shape index (κ3) is 4.18. The number of hydrogen-bond acceptors (Lipinski definition) is 4. The molecule has 0 radical (unpaired) electrons. The summed E-state index contributed by atoms with van der Waals surface area (Å²) >= 11 is 1.49. The summed E-state index contributed by atoms with van der Waals surface area (Å²) in [5, 5.41) is 14.1. The van der Waals surface area contributed by atoms with Gasteiger partial charge in [0.05, 0.1) is 5.69 Å². The van der Waals surface area contributed by atoms with Gasteiger partial charge in [-0.25, -0.2) is 0 Å². The molecule has 26 heavy (non-hydrogen) atoms. The first kappa shape index (κ1) is 17.5. The first-order valence-electron chi connectivity index (χ1n) is 7.96. The van der Waals surface area contributed by atoms with Crippen molar-refractivity contribution in [2.24, 2.45) is 0 Å². The maximum absolute atomic E-state index is 12.5. The summed E-state index contributed by atoms with van der Waals surface area (Å²) in [5.41, 5.74) is 1.58. The number of ether oxygens (including phenoxy) is 1. The number of thiophene rings is 1. The van der Waals surface area contributed by atoms with E-state index in [1.807, 2.05) is 60.8 Å². The molecule has 1 heterocycles. The Morgan fingerprint density at radius 1 is 1.12 bits per heavy atom. The van der Waals surface area contributed by atoms with Crippen LogP contribution in [0.3, 0.4) is 0 Å². The Bertz CT molecular complexity index is 985. The third-order valence-corrected chi connectivity index (χ3v) is 4.61. The Kier molecular flexibility index (Phi) is 5.47. The lowest BCUT2D eigenvalue weighted by Gasteiger charge is -2.12. The second-order valence-corrected chi connectivity index (χ2v) is 6.45. The Balaban J connectivity index is 1.82. The van der Waals surface area contributed by atoms with Crippen molar-refractivity contribution < 1.29 is 9.53 Å². The quantitative estimate of drug-likeness (QED) is 0.490. The summed E-state index contributed by atoms with van der Waals surface area (Å²) in [7, 11) is 0. The van der Waals surface area contributed by atoms with E-state index in [4.69, 9.17) is 4.74 Å². The number of carbonyl (C=O) groups excluding carboxylic acids is 1. The fourth-order valence-corrected chi connectivity index (χ4v) is 3.13. The summed E-state index contributed by atoms with van der Waals surface area (Å²) in [5.74, 6) is 0.709. The normalized spacial score (nSPS) is 10.8. The summed E-state index contributed by atoms with van der Waals surface area (Å²) in [6.45, 7) is 1.94. The predicted octanol–water partition coefficient (Wildman–Crippen LogP) is 5.39. The number of rotatable bonds is 5. The van der Waals surface area contributed by atoms with Gasteiger partial charge in [0.25, 0.3) is 5.91 Å². The lowest BCUT2D eigenvalue weighted by molar-refractivity contribution is -0.112. The molecule has 0 unspecified atom stereocenters. The molecule has 3 rings (SSSR count). The molecule has 0 saturated carbocycles. The lowest BCUT2D eigenvalue weighted by Crippen LogP contribution is -2.14. The molecule has 0 aliphatic heterocycles. The Hall–Kier alpha value is -3.36. The number of amides is 1. The van der Waals surface area contributed by atoms with E-state index >= 15 is 0 Å². The van der Waals surface area contributed by atoms with Crippen LogP contribution < -0.4 is 10.1 Å². The number of hydrogen-bond donors (Lipinski definition) is 1. The molecular weight excluding hydrogens is 344 g/mol. The second-order valence-electron chi connectivity index (χ2n) is 5.50. The molecule has 1 N–H and O–H groups in total. The van der Waals surface area contributed by atoms with Crippen LogP contribution in [0.25, 0.3) is 6.08 Å². The lowest BCUT2D eigenvalue weighted by atomic mass is 10.2. The molecule has 1 amide bonds. The average Bonchev–Trinajstić information content (AvgIpc) is 3.06. The van der Waals surface area contributed by atoms with Gasteiger partial charge in [0, 0.05) is 4.88 Å². The van der Waals surface area contributed by atoms with E-state index in [-0.39, 0.29) is 5.57 Å². The molecule has 1 aromatic heterocycles. The van der Waals surface area contributed by atoms with Gasteiger partial charge in [-0.15, -0.1) is 11.3 Å². The standard InChI is InChI=1S/C21H16N2O2S/c1-15-11-12-26-20(15)13-16(14-22)21(24)23-18-9-5-6-10-19(18)25-17-7-3-2-4-8-17/h2-13H,1H3,(H,23,24)/b16-13+. The van der Waals surface area contributed by atoms with Gasteiger partial charge in [-0.2, -0.15) is 5.26 Å². The minimum absolute atomic E-state index is 0.0464. The monoisotopic (exact) mass is 360 g/mol. The van der Waals surface area contributed by atoms with Gasteiger partial charge in [0.2, 0.25) is 0 Å². The molecule has 0 aliphatic rings. The van der Waals surface area contributed by atoms with Crippen LogP contribution in [0.15, 0.2) is 71.6 Å². The molecular formula is C21H16N2O2S. The zero-order chi connectivity index (χ0) is 18.4. The van der Waals surface area contributed by atoms with Crippen LogP contribution in [-0.4, -0.2) is 5.91 Å². The molecule has 0 bridgehead atoms. The number of nitrogens with zero attached hydrogens (tertiary/aromatic N) is 1. The SMILES string of the molecule is Cc1ccsc1/C=C(\C#N)C(=O)Nc1ccccc1Oc1ccccc1. The van der Waals surface area contributed by atoms with Crippen LogP contribution in [0.5, 0.6) is 11.5 Å². The number of aryl methyl sites for hydroxylation is 1. The Morgan fingerprint density at radius 2 is 1.85 bits per heavy atom. The van der Waals surface area contributed by atoms with Gasteiger partial charge >= 0.3 is 0 Å². The number of nitrogens with one attached hydrogen (secondary N) is 1. The molecule has 5 heteroatoms. The number of benzene rings is 2. The highest BCUT2D eigenvalue weighted by Crippen LogP contribution is 2.29. The number of anilines is 1. The molecule has 0 atom stereocenters. The molecule has 4 nitrogen and oxygen atoms in total. The van der Waals surface area contributed by atoms with Gasteiger partial charge in [0.15, 0.2) is 5.75 Å². The highest BCUT2D eigenvalue weighted by molar-refractivity contribution is 7.11. The number of nitriles is 1. The summed E-state index contributed by atoms with van der Waals surface area (Å²) in [6, 6.07) is 20.4. The minimum atomic E-state index is -0.468. The minimum Gasteiger partial charge on any atom is -0.455 e. The van der Waals surface area contributed by atoms with Gasteiger partial charge in [-0.1, -0.05) is 30.3 Å². The first-order valence-corrected chi connectivity index (χ1v) is 8.84. The van der Waals surface area contributed by atoms with E-state index in [0.717, 1.165) is 10.4 Å². The Labute approximate surface area is 156 Å². The van der Waals surface area contributed by atoms with Crippen molar-refractivity contribution in [3.63, 3.8) is 0 Å². The van der Waals surface area contributed by atoms with Crippen molar-refractivity contribution in [1.29, 1.82) is 5.26 Å². The van der Waals surface area contributed by atoms with Gasteiger partial charge in [0.1, 0.15) is 17.4 Å². The molecule has 0 aliphatic carbocycles. The van der Waals surface area contributed by atoms with E-state index < -0.39 is 5.91 Å². The maximum atomic E-state index is 12.5. The second kappa shape index (κ2) is 8.15. The van der Waals surface area contributed by atoms with E-state index in [1.165, 1.54) is 11.3 Å². The molecule has 0 saturated heterocycles. The van der Waals surface area contributed by atoms with Gasteiger partial charge in [-0.3, -0.25) is 4.79 Å². The summed E-state index contributed by atoms with van der Waals surface area (Å²) in [4.78, 5) is 13.4. The van der Waals surface area contributed by atoms with Crippen LogP contribution in [0, 0.1) is 18.3 Å². The smallest absolute Gasteiger partial charge is 0.266 e. The average molecular weight is 360 g/mol. The zero-order valence-corrected chi connectivity index (χ0v) is 14.9. The van der Waals surface area contributed by atoms with Crippen molar-refractivity contribution in [3.05, 3.63) is 82.1 Å². The van der Waals surface area contributed by atoms with Crippen molar-refractivity contribution in [2.45, 2.75) is 6.92 Å². The molecule has 0 fully saturated rings. The Morgan fingerprint density at radius 3 is 2.54 bits per heavy atom. The largest absolute Gasteiger partial charge is 0.455 e. The molecule has 3 aromatic rings.